The molecule has 4 N–H and O–H groups in total. The van der Waals surface area contributed by atoms with Gasteiger partial charge in [-0.25, -0.2) is 0 Å². The lowest BCUT2D eigenvalue weighted by molar-refractivity contribution is 0.203. The monoisotopic (exact) mass is 333 g/mol. The zero-order valence-electron chi connectivity index (χ0n) is 14.7. The van der Waals surface area contributed by atoms with E-state index >= 15 is 0 Å². The summed E-state index contributed by atoms with van der Waals surface area (Å²) in [4.78, 5) is 2.46. The van der Waals surface area contributed by atoms with Gasteiger partial charge < -0.3 is 11.5 Å². The molecule has 0 amide bonds. The molecule has 0 aromatic heterocycles. The van der Waals surface area contributed by atoms with Gasteiger partial charge in [-0.15, -0.1) is 0 Å². The van der Waals surface area contributed by atoms with E-state index in [0.717, 1.165) is 37.5 Å². The summed E-state index contributed by atoms with van der Waals surface area (Å²) in [6.45, 7) is 3.17. The third kappa shape index (κ3) is 5.27. The summed E-state index contributed by atoms with van der Waals surface area (Å²) in [6, 6.07) is 16.6. The second-order valence-electron chi connectivity index (χ2n) is 6.90. The lowest BCUT2D eigenvalue weighted by Crippen LogP contribution is -2.34. The first-order valence-electron chi connectivity index (χ1n) is 9.06. The molecule has 25 heavy (non-hydrogen) atoms. The molecule has 1 fully saturated rings. The molecule has 0 unspecified atom stereocenters. The van der Waals surface area contributed by atoms with Gasteiger partial charge in [0.05, 0.1) is 17.9 Å². The molecule has 1 saturated heterocycles. The Bertz CT molecular complexity index is 735. The van der Waals surface area contributed by atoms with Crippen molar-refractivity contribution < 1.29 is 0 Å². The van der Waals surface area contributed by atoms with Crippen LogP contribution in [-0.4, -0.2) is 24.5 Å². The maximum Gasteiger partial charge on any atom is 0.0601 e. The van der Waals surface area contributed by atoms with Crippen molar-refractivity contribution in [2.45, 2.75) is 25.7 Å². The molecule has 0 bridgehead atoms. The Kier molecular flexibility index (Phi) is 5.98. The predicted molar refractivity (Wildman–Crippen MR) is 106 cm³/mol. The Labute approximate surface area is 151 Å². The Morgan fingerprint density at radius 1 is 0.880 bits per heavy atom. The lowest BCUT2D eigenvalue weighted by atomic mass is 9.90. The smallest absolute Gasteiger partial charge is 0.0601 e. The number of likely N-dealkylation sites (tertiary alicyclic amines) is 1. The molecule has 0 radical (unpaired) electrons. The summed E-state index contributed by atoms with van der Waals surface area (Å²) in [5.41, 5.74) is 15.4. The van der Waals surface area contributed by atoms with Gasteiger partial charge >= 0.3 is 0 Å². The van der Waals surface area contributed by atoms with Gasteiger partial charge in [-0.3, -0.25) is 4.90 Å². The van der Waals surface area contributed by atoms with E-state index in [-0.39, 0.29) is 0 Å². The molecule has 130 valence electrons. The van der Waals surface area contributed by atoms with E-state index in [1.165, 1.54) is 24.8 Å². The van der Waals surface area contributed by atoms with Gasteiger partial charge in [0.1, 0.15) is 0 Å². The largest absolute Gasteiger partial charge is 0.397 e. The highest BCUT2D eigenvalue weighted by molar-refractivity contribution is 5.64. The fourth-order valence-corrected chi connectivity index (χ4v) is 3.36. The summed E-state index contributed by atoms with van der Waals surface area (Å²) < 4.78 is 0. The Morgan fingerprint density at radius 3 is 2.36 bits per heavy atom. The van der Waals surface area contributed by atoms with Gasteiger partial charge in [0, 0.05) is 6.42 Å². The second kappa shape index (κ2) is 8.60. The number of nitrogen functional groups attached to an aromatic ring is 2. The van der Waals surface area contributed by atoms with Crippen LogP contribution >= 0.6 is 0 Å². The van der Waals surface area contributed by atoms with Gasteiger partial charge in [0.25, 0.3) is 0 Å². The van der Waals surface area contributed by atoms with Crippen LogP contribution in [0.4, 0.5) is 11.4 Å². The van der Waals surface area contributed by atoms with Crippen LogP contribution < -0.4 is 11.5 Å². The highest BCUT2D eigenvalue weighted by Gasteiger charge is 2.18. The summed E-state index contributed by atoms with van der Waals surface area (Å²) >= 11 is 0. The zero-order chi connectivity index (χ0) is 17.5. The van der Waals surface area contributed by atoms with Crippen LogP contribution in [0.25, 0.3) is 0 Å². The van der Waals surface area contributed by atoms with Crippen molar-refractivity contribution >= 4 is 11.4 Å². The van der Waals surface area contributed by atoms with Crippen LogP contribution in [0, 0.1) is 17.8 Å². The average molecular weight is 333 g/mol. The van der Waals surface area contributed by atoms with E-state index in [0.29, 0.717) is 11.4 Å². The van der Waals surface area contributed by atoms with E-state index < -0.39 is 0 Å². The van der Waals surface area contributed by atoms with Crippen LogP contribution in [0.3, 0.4) is 0 Å². The molecule has 2 aromatic rings. The summed E-state index contributed by atoms with van der Waals surface area (Å²) in [5, 5.41) is 0. The summed E-state index contributed by atoms with van der Waals surface area (Å²) in [7, 11) is 0. The van der Waals surface area contributed by atoms with Gasteiger partial charge in [-0.1, -0.05) is 48.2 Å². The van der Waals surface area contributed by atoms with E-state index in [1.54, 1.807) is 0 Å². The van der Waals surface area contributed by atoms with Crippen molar-refractivity contribution in [2.24, 2.45) is 5.92 Å². The number of nitrogens with zero attached hydrogens (tertiary/aromatic N) is 1. The molecular weight excluding hydrogens is 306 g/mol. The number of piperidine rings is 1. The fraction of sp³-hybridized carbons (Fsp3) is 0.364. The Balaban J connectivity index is 1.40. The zero-order valence-corrected chi connectivity index (χ0v) is 14.7. The minimum Gasteiger partial charge on any atom is -0.397 e. The van der Waals surface area contributed by atoms with Crippen molar-refractivity contribution in [2.75, 3.05) is 31.1 Å². The predicted octanol–water partition coefficient (Wildman–Crippen LogP) is 3.35. The molecule has 0 spiro atoms. The minimum absolute atomic E-state index is 0.634. The third-order valence-electron chi connectivity index (χ3n) is 4.95. The molecule has 2 aromatic carbocycles. The van der Waals surface area contributed by atoms with Gasteiger partial charge in [0.15, 0.2) is 0 Å². The van der Waals surface area contributed by atoms with Crippen molar-refractivity contribution in [1.82, 2.24) is 4.90 Å². The van der Waals surface area contributed by atoms with E-state index in [9.17, 15) is 0 Å². The molecule has 1 aliphatic heterocycles. The number of anilines is 2. The van der Waals surface area contributed by atoms with Gasteiger partial charge in [-0.2, -0.15) is 0 Å². The molecule has 0 aliphatic carbocycles. The number of hydrogen-bond donors (Lipinski definition) is 2. The maximum atomic E-state index is 5.83. The average Bonchev–Trinajstić information content (AvgIpc) is 2.64. The molecule has 3 rings (SSSR count). The van der Waals surface area contributed by atoms with Crippen LogP contribution in [-0.2, 0) is 12.8 Å². The number of hydrogen-bond acceptors (Lipinski definition) is 3. The summed E-state index contributed by atoms with van der Waals surface area (Å²) in [6.07, 6.45) is 4.48. The lowest BCUT2D eigenvalue weighted by Gasteiger charge is -2.30. The second-order valence-corrected chi connectivity index (χ2v) is 6.90. The van der Waals surface area contributed by atoms with Gasteiger partial charge in [0.2, 0.25) is 0 Å². The molecule has 1 heterocycles. The minimum atomic E-state index is 0.634. The topological polar surface area (TPSA) is 55.3 Å². The van der Waals surface area contributed by atoms with E-state index in [4.69, 9.17) is 11.5 Å². The van der Waals surface area contributed by atoms with Crippen molar-refractivity contribution in [3.8, 4) is 11.8 Å². The first-order chi connectivity index (χ1) is 12.2. The molecular formula is C22H27N3. The first kappa shape index (κ1) is 17.4. The number of benzene rings is 2. The number of nitrogens with two attached hydrogens (primary N) is 2. The quantitative estimate of drug-likeness (QED) is 0.666. The fourth-order valence-electron chi connectivity index (χ4n) is 3.36. The Hall–Kier alpha value is -2.44. The Morgan fingerprint density at radius 2 is 1.64 bits per heavy atom. The van der Waals surface area contributed by atoms with Gasteiger partial charge in [-0.05, 0) is 61.5 Å². The first-order valence-corrected chi connectivity index (χ1v) is 9.06. The SMILES string of the molecule is Nc1ccc(CC#CCN2CCC(Cc3ccccc3)CC2)cc1N. The van der Waals surface area contributed by atoms with Crippen LogP contribution in [0.2, 0.25) is 0 Å². The molecule has 0 atom stereocenters. The molecule has 3 heteroatoms. The van der Waals surface area contributed by atoms with Crippen molar-refractivity contribution in [3.05, 3.63) is 59.7 Å². The van der Waals surface area contributed by atoms with Crippen LogP contribution in [0.15, 0.2) is 48.5 Å². The molecule has 3 nitrogen and oxygen atoms in total. The molecule has 0 saturated carbocycles. The van der Waals surface area contributed by atoms with Crippen LogP contribution in [0.1, 0.15) is 24.0 Å². The highest BCUT2D eigenvalue weighted by atomic mass is 15.1. The maximum absolute atomic E-state index is 5.83. The van der Waals surface area contributed by atoms with Crippen molar-refractivity contribution in [1.29, 1.82) is 0 Å². The molecule has 1 aliphatic rings. The van der Waals surface area contributed by atoms with E-state index in [1.807, 2.05) is 18.2 Å². The van der Waals surface area contributed by atoms with Crippen LogP contribution in [0.5, 0.6) is 0 Å². The highest BCUT2D eigenvalue weighted by Crippen LogP contribution is 2.21. The number of rotatable bonds is 4. The van der Waals surface area contributed by atoms with Crippen molar-refractivity contribution in [3.63, 3.8) is 0 Å². The van der Waals surface area contributed by atoms with E-state index in [2.05, 4.69) is 47.1 Å². The normalized spacial score (nSPS) is 15.5. The standard InChI is InChI=1S/C22H27N3/c23-21-10-9-19(17-22(21)24)8-4-5-13-25-14-11-20(12-15-25)16-18-6-2-1-3-7-18/h1-3,6-7,9-10,17,20H,8,11-16,23-24H2. The third-order valence-corrected chi connectivity index (χ3v) is 4.95. The summed E-state index contributed by atoms with van der Waals surface area (Å²) in [5.74, 6) is 7.37.